The molecule has 0 aliphatic rings. The molecule has 0 saturated heterocycles. The number of fused-ring (bicyclic) bond motifs is 1. The second-order valence-electron chi connectivity index (χ2n) is 3.63. The number of hydrogen-bond acceptors (Lipinski definition) is 3. The standard InChI is InChI=1S/C13H15NO2/c1-9(14)16-13-8-7-12(15-2)10-5-3-4-6-11(10)13/h3-9H,14H2,1-2H3. The Bertz CT molecular complexity index is 494. The van der Waals surface area contributed by atoms with E-state index in [-0.39, 0.29) is 6.23 Å². The molecule has 16 heavy (non-hydrogen) atoms. The van der Waals surface area contributed by atoms with Crippen LogP contribution in [0.25, 0.3) is 10.8 Å². The molecule has 1 atom stereocenters. The van der Waals surface area contributed by atoms with Gasteiger partial charge < -0.3 is 9.47 Å². The van der Waals surface area contributed by atoms with Gasteiger partial charge in [-0.1, -0.05) is 24.3 Å². The van der Waals surface area contributed by atoms with Crippen molar-refractivity contribution in [3.63, 3.8) is 0 Å². The van der Waals surface area contributed by atoms with Gasteiger partial charge in [-0.05, 0) is 19.1 Å². The summed E-state index contributed by atoms with van der Waals surface area (Å²) in [4.78, 5) is 0. The number of benzene rings is 2. The highest BCUT2D eigenvalue weighted by Crippen LogP contribution is 2.32. The molecule has 2 aromatic carbocycles. The highest BCUT2D eigenvalue weighted by atomic mass is 16.5. The minimum absolute atomic E-state index is 0.322. The Kier molecular flexibility index (Phi) is 2.97. The van der Waals surface area contributed by atoms with Gasteiger partial charge in [0.2, 0.25) is 0 Å². The lowest BCUT2D eigenvalue weighted by Gasteiger charge is -2.13. The Morgan fingerprint density at radius 1 is 1.00 bits per heavy atom. The van der Waals surface area contributed by atoms with Crippen LogP contribution in [0.4, 0.5) is 0 Å². The van der Waals surface area contributed by atoms with Crippen molar-refractivity contribution in [3.8, 4) is 11.5 Å². The van der Waals surface area contributed by atoms with Gasteiger partial charge in [0.05, 0.1) is 7.11 Å². The summed E-state index contributed by atoms with van der Waals surface area (Å²) in [5.41, 5.74) is 5.63. The lowest BCUT2D eigenvalue weighted by Crippen LogP contribution is -2.22. The van der Waals surface area contributed by atoms with E-state index in [9.17, 15) is 0 Å². The molecule has 0 amide bonds. The van der Waals surface area contributed by atoms with Crippen LogP contribution in [0.5, 0.6) is 11.5 Å². The molecule has 0 saturated carbocycles. The average molecular weight is 217 g/mol. The molecule has 0 aliphatic heterocycles. The molecule has 0 aromatic heterocycles. The van der Waals surface area contributed by atoms with Crippen molar-refractivity contribution in [2.24, 2.45) is 5.73 Å². The Morgan fingerprint density at radius 3 is 2.12 bits per heavy atom. The SMILES string of the molecule is COc1ccc(OC(C)N)c2ccccc12. The second-order valence-corrected chi connectivity index (χ2v) is 3.63. The Labute approximate surface area is 94.8 Å². The van der Waals surface area contributed by atoms with Crippen LogP contribution in [0.2, 0.25) is 0 Å². The average Bonchev–Trinajstić information content (AvgIpc) is 2.29. The zero-order chi connectivity index (χ0) is 11.5. The van der Waals surface area contributed by atoms with E-state index in [1.54, 1.807) is 14.0 Å². The third-order valence-corrected chi connectivity index (χ3v) is 2.38. The van der Waals surface area contributed by atoms with E-state index >= 15 is 0 Å². The van der Waals surface area contributed by atoms with Crippen molar-refractivity contribution >= 4 is 10.8 Å². The van der Waals surface area contributed by atoms with E-state index in [0.29, 0.717) is 0 Å². The molecule has 0 radical (unpaired) electrons. The monoisotopic (exact) mass is 217 g/mol. The maximum Gasteiger partial charge on any atom is 0.144 e. The normalized spacial score (nSPS) is 12.4. The highest BCUT2D eigenvalue weighted by Gasteiger charge is 2.07. The summed E-state index contributed by atoms with van der Waals surface area (Å²) >= 11 is 0. The second kappa shape index (κ2) is 4.41. The molecule has 1 unspecified atom stereocenters. The molecule has 0 spiro atoms. The van der Waals surface area contributed by atoms with Crippen LogP contribution in [-0.4, -0.2) is 13.3 Å². The number of ether oxygens (including phenoxy) is 2. The fourth-order valence-corrected chi connectivity index (χ4v) is 1.72. The maximum atomic E-state index is 5.63. The van der Waals surface area contributed by atoms with Crippen LogP contribution in [0, 0.1) is 0 Å². The van der Waals surface area contributed by atoms with Gasteiger partial charge in [-0.25, -0.2) is 0 Å². The molecular formula is C13H15NO2. The number of rotatable bonds is 3. The van der Waals surface area contributed by atoms with Crippen LogP contribution >= 0.6 is 0 Å². The van der Waals surface area contributed by atoms with Gasteiger partial charge in [-0.15, -0.1) is 0 Å². The first-order valence-corrected chi connectivity index (χ1v) is 5.20. The van der Waals surface area contributed by atoms with Crippen LogP contribution in [0.1, 0.15) is 6.92 Å². The molecular weight excluding hydrogens is 202 g/mol. The third kappa shape index (κ3) is 1.95. The molecule has 84 valence electrons. The van der Waals surface area contributed by atoms with Crippen molar-refractivity contribution in [1.29, 1.82) is 0 Å². The van der Waals surface area contributed by atoms with E-state index in [1.165, 1.54) is 0 Å². The van der Waals surface area contributed by atoms with Gasteiger partial charge in [-0.3, -0.25) is 5.73 Å². The van der Waals surface area contributed by atoms with E-state index in [1.807, 2.05) is 36.4 Å². The molecule has 0 fully saturated rings. The lowest BCUT2D eigenvalue weighted by molar-refractivity contribution is 0.233. The molecule has 0 aliphatic carbocycles. The number of hydrogen-bond donors (Lipinski definition) is 1. The Morgan fingerprint density at radius 2 is 1.56 bits per heavy atom. The highest BCUT2D eigenvalue weighted by molar-refractivity contribution is 5.93. The van der Waals surface area contributed by atoms with Crippen molar-refractivity contribution in [2.45, 2.75) is 13.2 Å². The van der Waals surface area contributed by atoms with Crippen LogP contribution in [-0.2, 0) is 0 Å². The fraction of sp³-hybridized carbons (Fsp3) is 0.231. The first-order chi connectivity index (χ1) is 7.72. The van der Waals surface area contributed by atoms with Gasteiger partial charge in [-0.2, -0.15) is 0 Å². The summed E-state index contributed by atoms with van der Waals surface area (Å²) in [5, 5.41) is 2.04. The van der Waals surface area contributed by atoms with Gasteiger partial charge in [0.15, 0.2) is 0 Å². The summed E-state index contributed by atoms with van der Waals surface area (Å²) in [6.07, 6.45) is -0.322. The van der Waals surface area contributed by atoms with Crippen molar-refractivity contribution < 1.29 is 9.47 Å². The zero-order valence-electron chi connectivity index (χ0n) is 9.44. The minimum Gasteiger partial charge on any atom is -0.496 e. The summed E-state index contributed by atoms with van der Waals surface area (Å²) < 4.78 is 10.8. The van der Waals surface area contributed by atoms with E-state index in [4.69, 9.17) is 15.2 Å². The third-order valence-electron chi connectivity index (χ3n) is 2.38. The maximum absolute atomic E-state index is 5.63. The largest absolute Gasteiger partial charge is 0.496 e. The Balaban J connectivity index is 2.60. The topological polar surface area (TPSA) is 44.5 Å². The summed E-state index contributed by atoms with van der Waals surface area (Å²) in [6, 6.07) is 11.7. The summed E-state index contributed by atoms with van der Waals surface area (Å²) in [6.45, 7) is 1.80. The van der Waals surface area contributed by atoms with Crippen molar-refractivity contribution in [2.75, 3.05) is 7.11 Å². The molecule has 3 nitrogen and oxygen atoms in total. The molecule has 0 bridgehead atoms. The fourth-order valence-electron chi connectivity index (χ4n) is 1.72. The molecule has 2 rings (SSSR count). The Hall–Kier alpha value is -1.74. The first kappa shape index (κ1) is 10.8. The number of nitrogens with two attached hydrogens (primary N) is 1. The minimum atomic E-state index is -0.322. The van der Waals surface area contributed by atoms with Crippen LogP contribution in [0.15, 0.2) is 36.4 Å². The van der Waals surface area contributed by atoms with Gasteiger partial charge in [0.1, 0.15) is 17.7 Å². The lowest BCUT2D eigenvalue weighted by atomic mass is 10.1. The summed E-state index contributed by atoms with van der Waals surface area (Å²) in [7, 11) is 1.66. The van der Waals surface area contributed by atoms with Gasteiger partial charge in [0, 0.05) is 10.8 Å². The number of methoxy groups -OCH3 is 1. The predicted octanol–water partition coefficient (Wildman–Crippen LogP) is 2.53. The van der Waals surface area contributed by atoms with Crippen molar-refractivity contribution in [3.05, 3.63) is 36.4 Å². The molecule has 2 N–H and O–H groups in total. The first-order valence-electron chi connectivity index (χ1n) is 5.20. The molecule has 0 heterocycles. The van der Waals surface area contributed by atoms with Crippen LogP contribution in [0.3, 0.4) is 0 Å². The smallest absolute Gasteiger partial charge is 0.144 e. The molecule has 3 heteroatoms. The quantitative estimate of drug-likeness (QED) is 0.803. The van der Waals surface area contributed by atoms with E-state index in [0.717, 1.165) is 22.3 Å². The summed E-state index contributed by atoms with van der Waals surface area (Å²) in [5.74, 6) is 1.62. The van der Waals surface area contributed by atoms with E-state index < -0.39 is 0 Å². The zero-order valence-corrected chi connectivity index (χ0v) is 9.44. The van der Waals surface area contributed by atoms with E-state index in [2.05, 4.69) is 0 Å². The predicted molar refractivity (Wildman–Crippen MR) is 64.8 cm³/mol. The van der Waals surface area contributed by atoms with Crippen LogP contribution < -0.4 is 15.2 Å². The van der Waals surface area contributed by atoms with Gasteiger partial charge >= 0.3 is 0 Å². The molecule has 2 aromatic rings. The van der Waals surface area contributed by atoms with Crippen molar-refractivity contribution in [1.82, 2.24) is 0 Å². The van der Waals surface area contributed by atoms with Gasteiger partial charge in [0.25, 0.3) is 0 Å².